The van der Waals surface area contributed by atoms with Crippen molar-refractivity contribution in [2.45, 2.75) is 50.4 Å². The van der Waals surface area contributed by atoms with Crippen LogP contribution in [0.15, 0.2) is 24.3 Å². The highest BCUT2D eigenvalue weighted by Crippen LogP contribution is 2.23. The molecule has 0 aliphatic heterocycles. The van der Waals surface area contributed by atoms with Crippen molar-refractivity contribution >= 4 is 16.8 Å². The third-order valence-corrected chi connectivity index (χ3v) is 5.96. The highest BCUT2D eigenvalue weighted by atomic mass is 32.2. The molecule has 2 rings (SSSR count). The highest BCUT2D eigenvalue weighted by Gasteiger charge is 2.30. The van der Waals surface area contributed by atoms with Crippen LogP contribution in [0.2, 0.25) is 0 Å². The van der Waals surface area contributed by atoms with Crippen molar-refractivity contribution in [3.63, 3.8) is 0 Å². The molecule has 23 heavy (non-hydrogen) atoms. The Balaban J connectivity index is 1.88. The molecule has 0 unspecified atom stereocenters. The highest BCUT2D eigenvalue weighted by molar-refractivity contribution is 7.85. The lowest BCUT2D eigenvalue weighted by molar-refractivity contribution is 0.232. The number of rotatable bonds is 5. The van der Waals surface area contributed by atoms with Crippen LogP contribution in [0.5, 0.6) is 0 Å². The summed E-state index contributed by atoms with van der Waals surface area (Å²) in [6.07, 6.45) is 3.94. The summed E-state index contributed by atoms with van der Waals surface area (Å²) >= 11 is 0. The van der Waals surface area contributed by atoms with Gasteiger partial charge < -0.3 is 10.6 Å². The number of nitrogens with zero attached hydrogens (tertiary/aromatic N) is 1. The maximum Gasteiger partial charge on any atom is 0.315 e. The number of carbonyl (C=O) groups excluding carboxylic acids is 1. The van der Waals surface area contributed by atoms with E-state index in [1.807, 2.05) is 13.0 Å². The zero-order valence-corrected chi connectivity index (χ0v) is 14.2. The molecule has 1 aliphatic rings. The Morgan fingerprint density at radius 1 is 1.39 bits per heavy atom. The summed E-state index contributed by atoms with van der Waals surface area (Å²) in [6, 6.07) is 8.99. The normalized spacial score (nSPS) is 21.9. The minimum absolute atomic E-state index is 0.0185. The fraction of sp³-hybridized carbons (Fsp3) is 0.529. The number of nitrogens with one attached hydrogen (secondary N) is 2. The van der Waals surface area contributed by atoms with Gasteiger partial charge in [0.05, 0.1) is 16.9 Å². The van der Waals surface area contributed by atoms with Crippen LogP contribution in [-0.4, -0.2) is 27.3 Å². The predicted octanol–water partition coefficient (Wildman–Crippen LogP) is 2.44. The van der Waals surface area contributed by atoms with Gasteiger partial charge in [0.15, 0.2) is 0 Å². The minimum Gasteiger partial charge on any atom is -0.334 e. The van der Waals surface area contributed by atoms with Crippen LogP contribution in [0.3, 0.4) is 0 Å². The molecule has 1 fully saturated rings. The van der Waals surface area contributed by atoms with Crippen molar-refractivity contribution < 1.29 is 9.00 Å². The van der Waals surface area contributed by atoms with Gasteiger partial charge in [-0.15, -0.1) is 0 Å². The molecular formula is C17H23N3O2S. The summed E-state index contributed by atoms with van der Waals surface area (Å²) in [5.74, 6) is 0.630. The molecule has 5 nitrogen and oxygen atoms in total. The van der Waals surface area contributed by atoms with Gasteiger partial charge in [0, 0.05) is 29.1 Å². The van der Waals surface area contributed by atoms with Crippen molar-refractivity contribution in [1.82, 2.24) is 10.6 Å². The Morgan fingerprint density at radius 3 is 2.91 bits per heavy atom. The van der Waals surface area contributed by atoms with Crippen LogP contribution in [0.25, 0.3) is 0 Å². The zero-order valence-electron chi connectivity index (χ0n) is 13.4. The van der Waals surface area contributed by atoms with Gasteiger partial charge in [-0.3, -0.25) is 4.21 Å². The summed E-state index contributed by atoms with van der Waals surface area (Å²) in [6.45, 7) is 2.29. The van der Waals surface area contributed by atoms with Crippen LogP contribution < -0.4 is 10.6 Å². The molecular weight excluding hydrogens is 310 g/mol. The van der Waals surface area contributed by atoms with Crippen LogP contribution in [-0.2, 0) is 17.3 Å². The summed E-state index contributed by atoms with van der Waals surface area (Å²) in [5, 5.41) is 14.7. The Kier molecular flexibility index (Phi) is 6.60. The van der Waals surface area contributed by atoms with Gasteiger partial charge in [0.25, 0.3) is 0 Å². The lowest BCUT2D eigenvalue weighted by Gasteiger charge is -2.31. The van der Waals surface area contributed by atoms with Gasteiger partial charge in [0.1, 0.15) is 0 Å². The number of benzene rings is 1. The summed E-state index contributed by atoms with van der Waals surface area (Å²) < 4.78 is 12.1. The van der Waals surface area contributed by atoms with E-state index in [0.29, 0.717) is 17.9 Å². The Hall–Kier alpha value is -1.87. The van der Waals surface area contributed by atoms with Gasteiger partial charge in [-0.25, -0.2) is 4.79 Å². The van der Waals surface area contributed by atoms with Crippen LogP contribution in [0, 0.1) is 11.3 Å². The summed E-state index contributed by atoms with van der Waals surface area (Å²) in [4.78, 5) is 12.1. The van der Waals surface area contributed by atoms with E-state index < -0.39 is 10.8 Å². The fourth-order valence-electron chi connectivity index (χ4n) is 2.94. The van der Waals surface area contributed by atoms with Gasteiger partial charge in [-0.05, 0) is 30.5 Å². The van der Waals surface area contributed by atoms with E-state index in [-0.39, 0.29) is 17.3 Å². The van der Waals surface area contributed by atoms with E-state index in [1.54, 1.807) is 18.2 Å². The molecule has 0 spiro atoms. The first kappa shape index (κ1) is 17.5. The second-order valence-corrected chi connectivity index (χ2v) is 7.68. The molecule has 0 heterocycles. The summed E-state index contributed by atoms with van der Waals surface area (Å²) in [7, 11) is -0.883. The molecule has 124 valence electrons. The molecule has 1 saturated carbocycles. The molecule has 1 aromatic rings. The molecule has 0 saturated heterocycles. The van der Waals surface area contributed by atoms with E-state index in [2.05, 4.69) is 16.7 Å². The average molecular weight is 333 g/mol. The predicted molar refractivity (Wildman–Crippen MR) is 91.3 cm³/mol. The Labute approximate surface area is 139 Å². The number of amides is 2. The van der Waals surface area contributed by atoms with E-state index in [0.717, 1.165) is 31.2 Å². The van der Waals surface area contributed by atoms with Gasteiger partial charge in [-0.1, -0.05) is 31.9 Å². The number of urea groups is 1. The molecule has 0 bridgehead atoms. The van der Waals surface area contributed by atoms with Crippen molar-refractivity contribution in [2.75, 3.05) is 5.75 Å². The van der Waals surface area contributed by atoms with E-state index in [1.165, 1.54) is 0 Å². The monoisotopic (exact) mass is 333 g/mol. The van der Waals surface area contributed by atoms with Crippen LogP contribution in [0.4, 0.5) is 4.79 Å². The largest absolute Gasteiger partial charge is 0.334 e. The zero-order chi connectivity index (χ0) is 16.7. The van der Waals surface area contributed by atoms with E-state index >= 15 is 0 Å². The number of hydrogen-bond acceptors (Lipinski definition) is 3. The molecule has 2 N–H and O–H groups in total. The SMILES string of the molecule is CC[S@@](=O)[C@@H]1CCCC[C@@H]1NC(=O)NCc1cccc(C#N)c1. The quantitative estimate of drug-likeness (QED) is 0.868. The number of hydrogen-bond donors (Lipinski definition) is 2. The van der Waals surface area contributed by atoms with Crippen molar-refractivity contribution in [3.05, 3.63) is 35.4 Å². The number of carbonyl (C=O) groups is 1. The first-order valence-corrected chi connectivity index (χ1v) is 9.42. The minimum atomic E-state index is -0.883. The lowest BCUT2D eigenvalue weighted by Crippen LogP contribution is -2.50. The smallest absolute Gasteiger partial charge is 0.315 e. The Morgan fingerprint density at radius 2 is 2.17 bits per heavy atom. The molecule has 1 aromatic carbocycles. The molecule has 3 atom stereocenters. The molecule has 1 aliphatic carbocycles. The third kappa shape index (κ3) is 5.07. The second kappa shape index (κ2) is 8.68. The first-order chi connectivity index (χ1) is 11.1. The maximum atomic E-state index is 12.1. The fourth-order valence-corrected chi connectivity index (χ4v) is 4.37. The molecule has 6 heteroatoms. The van der Waals surface area contributed by atoms with Crippen molar-refractivity contribution in [1.29, 1.82) is 5.26 Å². The van der Waals surface area contributed by atoms with Crippen molar-refractivity contribution in [2.24, 2.45) is 0 Å². The van der Waals surface area contributed by atoms with Gasteiger partial charge in [-0.2, -0.15) is 5.26 Å². The average Bonchev–Trinajstić information content (AvgIpc) is 2.60. The first-order valence-electron chi connectivity index (χ1n) is 8.04. The summed E-state index contributed by atoms with van der Waals surface area (Å²) in [5.41, 5.74) is 1.46. The van der Waals surface area contributed by atoms with Gasteiger partial charge in [0.2, 0.25) is 0 Å². The molecule has 2 amide bonds. The van der Waals surface area contributed by atoms with Crippen LogP contribution >= 0.6 is 0 Å². The lowest BCUT2D eigenvalue weighted by atomic mass is 9.95. The third-order valence-electron chi connectivity index (χ3n) is 4.15. The number of nitriles is 1. The van der Waals surface area contributed by atoms with E-state index in [9.17, 15) is 9.00 Å². The maximum absolute atomic E-state index is 12.1. The topological polar surface area (TPSA) is 82.0 Å². The second-order valence-electron chi connectivity index (χ2n) is 5.74. The Bertz CT molecular complexity index is 612. The standard InChI is InChI=1S/C17H23N3O2S/c1-2-23(22)16-9-4-3-8-15(16)20-17(21)19-12-14-7-5-6-13(10-14)11-18/h5-7,10,15-16H,2-4,8-9,12H2,1H3,(H2,19,20,21)/t15-,16+,23+/m0/s1. The van der Waals surface area contributed by atoms with Gasteiger partial charge >= 0.3 is 6.03 Å². The molecule has 0 aromatic heterocycles. The van der Waals surface area contributed by atoms with E-state index in [4.69, 9.17) is 5.26 Å². The van der Waals surface area contributed by atoms with Crippen LogP contribution in [0.1, 0.15) is 43.7 Å². The van der Waals surface area contributed by atoms with Crippen molar-refractivity contribution in [3.8, 4) is 6.07 Å². The molecule has 0 radical (unpaired) electrons.